The normalized spacial score (nSPS) is 32.7. The molecular formula is C24H30O5. The standard InChI is InChI=1S/C24H30O5/c1-6-16(2)9-7-8-10-22(27)29-20-12-11-19-13-21(26)24(28,17(3)14-25)15-23(19,5)18(20)4/h7-14,16,18,20,28H,3,6,15H2,1-2,4-5H3/b9-7+,10-8+/t16-,18-,20-,23+,24+/m0/s1. The summed E-state index contributed by atoms with van der Waals surface area (Å²) < 4.78 is 5.60. The predicted molar refractivity (Wildman–Crippen MR) is 112 cm³/mol. The number of hydrogen-bond donors (Lipinski definition) is 1. The summed E-state index contributed by atoms with van der Waals surface area (Å²) in [5, 5.41) is 10.8. The van der Waals surface area contributed by atoms with E-state index in [2.05, 4.69) is 20.4 Å². The molecule has 2 aliphatic carbocycles. The van der Waals surface area contributed by atoms with Gasteiger partial charge in [-0.05, 0) is 30.1 Å². The third-order valence-electron chi connectivity index (χ3n) is 6.29. The molecule has 0 unspecified atom stereocenters. The third-order valence-corrected chi connectivity index (χ3v) is 6.29. The molecule has 2 rings (SSSR count). The van der Waals surface area contributed by atoms with Gasteiger partial charge in [0.15, 0.2) is 11.4 Å². The van der Waals surface area contributed by atoms with Crippen molar-refractivity contribution < 1.29 is 24.2 Å². The van der Waals surface area contributed by atoms with E-state index in [1.165, 1.54) is 12.2 Å². The number of ether oxygens (including phenoxy) is 1. The van der Waals surface area contributed by atoms with Crippen molar-refractivity contribution in [1.82, 2.24) is 0 Å². The van der Waals surface area contributed by atoms with Crippen molar-refractivity contribution in [3.63, 3.8) is 0 Å². The number of carbonyl (C=O) groups excluding carboxylic acids is 3. The first kappa shape index (κ1) is 22.8. The molecule has 0 saturated heterocycles. The van der Waals surface area contributed by atoms with E-state index in [0.29, 0.717) is 12.2 Å². The number of aliphatic hydroxyl groups is 1. The molecule has 5 heteroatoms. The minimum atomic E-state index is -1.94. The average molecular weight is 398 g/mol. The summed E-state index contributed by atoms with van der Waals surface area (Å²) in [4.78, 5) is 35.8. The Hall–Kier alpha value is -2.53. The van der Waals surface area contributed by atoms with Crippen molar-refractivity contribution in [3.8, 4) is 0 Å². The molecule has 0 bridgehead atoms. The van der Waals surface area contributed by atoms with E-state index in [0.717, 1.165) is 12.0 Å². The summed E-state index contributed by atoms with van der Waals surface area (Å²) >= 11 is 0. The van der Waals surface area contributed by atoms with Gasteiger partial charge in [0.25, 0.3) is 0 Å². The molecule has 0 aromatic heterocycles. The van der Waals surface area contributed by atoms with E-state index in [1.54, 1.807) is 18.2 Å². The molecule has 0 heterocycles. The fourth-order valence-corrected chi connectivity index (χ4v) is 3.74. The fraction of sp³-hybridized carbons (Fsp3) is 0.458. The summed E-state index contributed by atoms with van der Waals surface area (Å²) in [6.45, 7) is 11.5. The van der Waals surface area contributed by atoms with Crippen LogP contribution in [0, 0.1) is 17.3 Å². The Labute approximate surface area is 172 Å². The van der Waals surface area contributed by atoms with Crippen LogP contribution >= 0.6 is 0 Å². The van der Waals surface area contributed by atoms with Crippen LogP contribution in [-0.2, 0) is 19.1 Å². The number of ketones is 1. The van der Waals surface area contributed by atoms with Gasteiger partial charge in [-0.3, -0.25) is 9.59 Å². The molecule has 29 heavy (non-hydrogen) atoms. The predicted octanol–water partition coefficient (Wildman–Crippen LogP) is 3.65. The lowest BCUT2D eigenvalue weighted by Gasteiger charge is -2.48. The minimum Gasteiger partial charge on any atom is -0.455 e. The van der Waals surface area contributed by atoms with Crippen molar-refractivity contribution >= 4 is 18.0 Å². The second kappa shape index (κ2) is 8.87. The molecule has 0 saturated carbocycles. The molecule has 0 spiro atoms. The number of esters is 1. The molecule has 5 nitrogen and oxygen atoms in total. The molecule has 1 N–H and O–H groups in total. The van der Waals surface area contributed by atoms with Gasteiger partial charge < -0.3 is 9.84 Å². The zero-order valence-corrected chi connectivity index (χ0v) is 17.6. The maximum atomic E-state index is 12.4. The lowest BCUT2D eigenvalue weighted by atomic mass is 9.57. The van der Waals surface area contributed by atoms with Gasteiger partial charge in [0.2, 0.25) is 0 Å². The van der Waals surface area contributed by atoms with Crippen molar-refractivity contribution in [2.45, 2.75) is 52.2 Å². The summed E-state index contributed by atoms with van der Waals surface area (Å²) in [5.74, 6) is -0.789. The Morgan fingerprint density at radius 2 is 2.14 bits per heavy atom. The van der Waals surface area contributed by atoms with Gasteiger partial charge in [-0.25, -0.2) is 4.79 Å². The van der Waals surface area contributed by atoms with Crippen molar-refractivity contribution in [2.75, 3.05) is 0 Å². The molecule has 2 aliphatic rings. The highest BCUT2D eigenvalue weighted by molar-refractivity contribution is 6.05. The third kappa shape index (κ3) is 4.56. The van der Waals surface area contributed by atoms with Gasteiger partial charge in [-0.15, -0.1) is 0 Å². The van der Waals surface area contributed by atoms with Crippen LogP contribution < -0.4 is 0 Å². The van der Waals surface area contributed by atoms with Gasteiger partial charge in [0, 0.05) is 23.0 Å². The zero-order valence-electron chi connectivity index (χ0n) is 17.6. The lowest BCUT2D eigenvalue weighted by Crippen LogP contribution is -2.53. The first-order valence-corrected chi connectivity index (χ1v) is 9.95. The number of aldehydes is 1. The maximum Gasteiger partial charge on any atom is 0.331 e. The van der Waals surface area contributed by atoms with E-state index >= 15 is 0 Å². The van der Waals surface area contributed by atoms with Crippen LogP contribution in [0.4, 0.5) is 0 Å². The van der Waals surface area contributed by atoms with Crippen molar-refractivity contribution in [3.05, 3.63) is 60.3 Å². The van der Waals surface area contributed by atoms with Crippen LogP contribution in [0.1, 0.15) is 40.5 Å². The van der Waals surface area contributed by atoms with Crippen LogP contribution in [0.25, 0.3) is 0 Å². The Morgan fingerprint density at radius 1 is 1.45 bits per heavy atom. The van der Waals surface area contributed by atoms with Crippen LogP contribution in [0.5, 0.6) is 0 Å². The Balaban J connectivity index is 2.18. The quantitative estimate of drug-likeness (QED) is 0.306. The van der Waals surface area contributed by atoms with E-state index in [4.69, 9.17) is 4.74 Å². The van der Waals surface area contributed by atoms with E-state index < -0.39 is 28.9 Å². The average Bonchev–Trinajstić information content (AvgIpc) is 2.69. The first-order valence-electron chi connectivity index (χ1n) is 9.95. The first-order chi connectivity index (χ1) is 13.6. The zero-order chi connectivity index (χ0) is 21.8. The molecule has 0 aromatic carbocycles. The number of carbonyl (C=O) groups is 3. The highest BCUT2D eigenvalue weighted by Crippen LogP contribution is 2.51. The topological polar surface area (TPSA) is 80.7 Å². The number of fused-ring (bicyclic) bond motifs is 1. The second-order valence-electron chi connectivity index (χ2n) is 8.24. The van der Waals surface area contributed by atoms with Gasteiger partial charge in [0.05, 0.1) is 0 Å². The molecule has 0 radical (unpaired) electrons. The number of rotatable bonds is 7. The van der Waals surface area contributed by atoms with Gasteiger partial charge in [0.1, 0.15) is 12.4 Å². The van der Waals surface area contributed by atoms with E-state index in [1.807, 2.05) is 26.0 Å². The smallest absolute Gasteiger partial charge is 0.331 e. The molecule has 0 aromatic rings. The summed E-state index contributed by atoms with van der Waals surface area (Å²) in [6, 6.07) is 0. The van der Waals surface area contributed by atoms with Crippen LogP contribution in [0.2, 0.25) is 0 Å². The molecular weight excluding hydrogens is 368 g/mol. The van der Waals surface area contributed by atoms with Gasteiger partial charge in [-0.2, -0.15) is 0 Å². The molecule has 0 amide bonds. The van der Waals surface area contributed by atoms with Crippen molar-refractivity contribution in [1.29, 1.82) is 0 Å². The van der Waals surface area contributed by atoms with Crippen LogP contribution in [0.3, 0.4) is 0 Å². The lowest BCUT2D eigenvalue weighted by molar-refractivity contribution is -0.147. The number of hydrogen-bond acceptors (Lipinski definition) is 5. The second-order valence-corrected chi connectivity index (χ2v) is 8.24. The largest absolute Gasteiger partial charge is 0.455 e. The summed E-state index contributed by atoms with van der Waals surface area (Å²) in [5.41, 5.74) is -2.01. The van der Waals surface area contributed by atoms with Gasteiger partial charge >= 0.3 is 5.97 Å². The Morgan fingerprint density at radius 3 is 2.76 bits per heavy atom. The maximum absolute atomic E-state index is 12.4. The highest BCUT2D eigenvalue weighted by Gasteiger charge is 2.53. The monoisotopic (exact) mass is 398 g/mol. The van der Waals surface area contributed by atoms with Crippen LogP contribution in [-0.4, -0.2) is 34.9 Å². The van der Waals surface area contributed by atoms with Gasteiger partial charge in [-0.1, -0.05) is 65.0 Å². The van der Waals surface area contributed by atoms with Crippen molar-refractivity contribution in [2.24, 2.45) is 17.3 Å². The SMILES string of the molecule is C=C(C=O)[C@]1(O)C[C@@]2(C)C(=CC1=O)C=C[C@H](OC(=O)/C=C/C=C/[C@@H](C)CC)[C@@H]2C. The minimum absolute atomic E-state index is 0.00921. The Bertz CT molecular complexity index is 815. The summed E-state index contributed by atoms with van der Waals surface area (Å²) in [7, 11) is 0. The van der Waals surface area contributed by atoms with Crippen LogP contribution in [0.15, 0.2) is 60.3 Å². The molecule has 0 aliphatic heterocycles. The fourth-order valence-electron chi connectivity index (χ4n) is 3.74. The Kier molecular flexibility index (Phi) is 6.96. The van der Waals surface area contributed by atoms with E-state index in [-0.39, 0.29) is 17.9 Å². The molecule has 156 valence electrons. The molecule has 0 fully saturated rings. The highest BCUT2D eigenvalue weighted by atomic mass is 16.5. The summed E-state index contributed by atoms with van der Waals surface area (Å²) in [6.07, 6.45) is 12.7. The van der Waals surface area contributed by atoms with E-state index in [9.17, 15) is 19.5 Å². The number of allylic oxidation sites excluding steroid dienone is 5. The molecule has 5 atom stereocenters.